The van der Waals surface area contributed by atoms with E-state index in [1.807, 2.05) is 0 Å². The maximum absolute atomic E-state index is 13.2. The fourth-order valence-electron chi connectivity index (χ4n) is 3.40. The smallest absolute Gasteiger partial charge is 0.307 e. The van der Waals surface area contributed by atoms with Crippen LogP contribution in [0.2, 0.25) is 0 Å². The number of hydrogen-bond acceptors (Lipinski definition) is 5. The van der Waals surface area contributed by atoms with Crippen LogP contribution in [0.1, 0.15) is 23.5 Å². The van der Waals surface area contributed by atoms with Crippen molar-refractivity contribution in [3.63, 3.8) is 0 Å². The maximum Gasteiger partial charge on any atom is 0.307 e. The summed E-state index contributed by atoms with van der Waals surface area (Å²) >= 11 is 0. The number of aromatic nitrogens is 2. The van der Waals surface area contributed by atoms with Gasteiger partial charge in [-0.3, -0.25) is 4.79 Å². The quantitative estimate of drug-likeness (QED) is 0.873. The van der Waals surface area contributed by atoms with Gasteiger partial charge in [-0.15, -0.1) is 0 Å². The van der Waals surface area contributed by atoms with E-state index in [-0.39, 0.29) is 23.6 Å². The molecule has 7 heteroatoms. The summed E-state index contributed by atoms with van der Waals surface area (Å²) in [6.07, 6.45) is 3.64. The molecule has 6 nitrogen and oxygen atoms in total. The second-order valence-corrected chi connectivity index (χ2v) is 6.09. The van der Waals surface area contributed by atoms with Gasteiger partial charge in [0.15, 0.2) is 5.76 Å². The normalized spacial score (nSPS) is 26.2. The van der Waals surface area contributed by atoms with E-state index >= 15 is 0 Å². The number of nitrogens with one attached hydrogen (secondary N) is 1. The molecule has 0 aliphatic carbocycles. The molecule has 3 saturated heterocycles. The highest BCUT2D eigenvalue weighted by atomic mass is 19.1. The molecule has 2 aromatic rings. The molecule has 0 unspecified atom stereocenters. The van der Waals surface area contributed by atoms with Gasteiger partial charge in [-0.25, -0.2) is 9.97 Å². The largest absolute Gasteiger partial charge is 0.431 e. The van der Waals surface area contributed by atoms with Gasteiger partial charge >= 0.3 is 5.91 Å². The first-order valence-corrected chi connectivity index (χ1v) is 7.81. The van der Waals surface area contributed by atoms with E-state index in [2.05, 4.69) is 20.2 Å². The van der Waals surface area contributed by atoms with E-state index in [1.54, 1.807) is 6.07 Å². The molecule has 1 N–H and O–H groups in total. The summed E-state index contributed by atoms with van der Waals surface area (Å²) in [6, 6.07) is 4.54. The molecule has 0 saturated carbocycles. The zero-order valence-electron chi connectivity index (χ0n) is 12.5. The fraction of sp³-hybridized carbons (Fsp3) is 0.438. The van der Waals surface area contributed by atoms with E-state index in [9.17, 15) is 9.18 Å². The van der Waals surface area contributed by atoms with Crippen molar-refractivity contribution < 1.29 is 13.6 Å². The third-order valence-electron chi connectivity index (χ3n) is 4.64. The highest BCUT2D eigenvalue weighted by Gasteiger charge is 2.35. The summed E-state index contributed by atoms with van der Waals surface area (Å²) < 4.78 is 18.6. The van der Waals surface area contributed by atoms with Gasteiger partial charge in [-0.2, -0.15) is 4.39 Å². The second kappa shape index (κ2) is 5.73. The first-order valence-electron chi connectivity index (χ1n) is 7.81. The number of rotatable bonds is 3. The highest BCUT2D eigenvalue weighted by Crippen LogP contribution is 2.27. The highest BCUT2D eigenvalue weighted by molar-refractivity contribution is 5.90. The molecule has 23 heavy (non-hydrogen) atoms. The number of oxazole rings is 1. The van der Waals surface area contributed by atoms with Crippen molar-refractivity contribution in [1.29, 1.82) is 0 Å². The van der Waals surface area contributed by atoms with Crippen molar-refractivity contribution in [3.8, 4) is 11.5 Å². The average Bonchev–Trinajstić information content (AvgIpc) is 3.06. The Morgan fingerprint density at radius 3 is 2.87 bits per heavy atom. The Hall–Kier alpha value is -2.28. The minimum atomic E-state index is -0.600. The van der Waals surface area contributed by atoms with Gasteiger partial charge in [0, 0.05) is 12.6 Å². The number of hydrogen-bond donors (Lipinski definition) is 1. The summed E-state index contributed by atoms with van der Waals surface area (Å²) in [4.78, 5) is 22.4. The Balaban J connectivity index is 1.47. The number of halogens is 1. The Labute approximate surface area is 132 Å². The molecule has 5 heterocycles. The topological polar surface area (TPSA) is 71.3 Å². The number of fused-ring (bicyclic) bond motifs is 3. The van der Waals surface area contributed by atoms with Crippen molar-refractivity contribution in [3.05, 3.63) is 36.2 Å². The van der Waals surface area contributed by atoms with Gasteiger partial charge in [-0.05, 0) is 44.0 Å². The van der Waals surface area contributed by atoms with Crippen LogP contribution in [-0.4, -0.2) is 46.5 Å². The molecule has 0 radical (unpaired) electrons. The number of pyridine rings is 1. The maximum atomic E-state index is 13.2. The predicted octanol–water partition coefficient (Wildman–Crippen LogP) is 1.70. The molecule has 2 aromatic heterocycles. The van der Waals surface area contributed by atoms with Crippen LogP contribution in [0.5, 0.6) is 0 Å². The fourth-order valence-corrected chi connectivity index (χ4v) is 3.40. The third-order valence-corrected chi connectivity index (χ3v) is 4.64. The van der Waals surface area contributed by atoms with Gasteiger partial charge in [0.05, 0.1) is 6.20 Å². The Bertz CT molecular complexity index is 724. The number of carbonyl (C=O) groups is 1. The molecule has 0 aromatic carbocycles. The van der Waals surface area contributed by atoms with Crippen LogP contribution in [-0.2, 0) is 0 Å². The van der Waals surface area contributed by atoms with Crippen molar-refractivity contribution >= 4 is 5.91 Å². The van der Waals surface area contributed by atoms with Gasteiger partial charge in [0.2, 0.25) is 5.95 Å². The molecule has 1 atom stereocenters. The summed E-state index contributed by atoms with van der Waals surface area (Å²) in [6.45, 7) is 3.12. The van der Waals surface area contributed by atoms with Gasteiger partial charge < -0.3 is 14.6 Å². The minimum Gasteiger partial charge on any atom is -0.431 e. The second-order valence-electron chi connectivity index (χ2n) is 6.09. The molecular weight excluding hydrogens is 299 g/mol. The lowest BCUT2D eigenvalue weighted by molar-refractivity contribution is 0.0602. The lowest BCUT2D eigenvalue weighted by atomic mass is 9.84. The molecule has 1 amide bonds. The van der Waals surface area contributed by atoms with Crippen molar-refractivity contribution in [2.75, 3.05) is 19.6 Å². The van der Waals surface area contributed by atoms with Crippen LogP contribution >= 0.6 is 0 Å². The lowest BCUT2D eigenvalue weighted by Gasteiger charge is -2.44. The van der Waals surface area contributed by atoms with Crippen LogP contribution in [0.4, 0.5) is 4.39 Å². The van der Waals surface area contributed by atoms with E-state index in [0.29, 0.717) is 11.6 Å². The van der Waals surface area contributed by atoms with Crippen LogP contribution in [0, 0.1) is 11.9 Å². The zero-order chi connectivity index (χ0) is 15.8. The summed E-state index contributed by atoms with van der Waals surface area (Å²) in [5.74, 6) is -0.127. The van der Waals surface area contributed by atoms with Crippen LogP contribution < -0.4 is 5.32 Å². The molecule has 120 valence electrons. The Morgan fingerprint density at radius 1 is 1.35 bits per heavy atom. The molecule has 0 spiro atoms. The Morgan fingerprint density at radius 2 is 2.17 bits per heavy atom. The van der Waals surface area contributed by atoms with Gasteiger partial charge in [-0.1, -0.05) is 6.07 Å². The average molecular weight is 316 g/mol. The van der Waals surface area contributed by atoms with Crippen LogP contribution in [0.15, 0.2) is 28.8 Å². The van der Waals surface area contributed by atoms with E-state index in [0.717, 1.165) is 32.5 Å². The van der Waals surface area contributed by atoms with Crippen LogP contribution in [0.25, 0.3) is 11.5 Å². The van der Waals surface area contributed by atoms with Crippen LogP contribution in [0.3, 0.4) is 0 Å². The number of carbonyl (C=O) groups excluding carboxylic acids is 1. The molecule has 3 fully saturated rings. The molecular formula is C16H17FN4O2. The number of nitrogens with zero attached hydrogens (tertiary/aromatic N) is 3. The Kier molecular flexibility index (Phi) is 3.57. The van der Waals surface area contributed by atoms with Gasteiger partial charge in [0.1, 0.15) is 5.69 Å². The molecule has 5 rings (SSSR count). The van der Waals surface area contributed by atoms with E-state index < -0.39 is 5.95 Å². The molecule has 3 aliphatic heterocycles. The number of piperidine rings is 3. The lowest BCUT2D eigenvalue weighted by Crippen LogP contribution is -2.57. The third kappa shape index (κ3) is 2.84. The van der Waals surface area contributed by atoms with Crippen molar-refractivity contribution in [1.82, 2.24) is 20.2 Å². The van der Waals surface area contributed by atoms with Gasteiger partial charge in [0.25, 0.3) is 5.89 Å². The zero-order valence-corrected chi connectivity index (χ0v) is 12.5. The SMILES string of the molecule is O=C(N[C@H]1CN2CCC1CC2)c1ncc(-c2cccc(F)n2)o1. The first-order chi connectivity index (χ1) is 11.2. The monoisotopic (exact) mass is 316 g/mol. The van der Waals surface area contributed by atoms with Crippen molar-refractivity contribution in [2.24, 2.45) is 5.92 Å². The van der Waals surface area contributed by atoms with E-state index in [4.69, 9.17) is 4.42 Å². The molecule has 3 aliphatic rings. The number of amides is 1. The summed E-state index contributed by atoms with van der Waals surface area (Å²) in [7, 11) is 0. The standard InChI is InChI=1S/C16H17FN4O2/c17-14-3-1-2-11(19-14)13-8-18-16(23-13)15(22)20-12-9-21-6-4-10(12)5-7-21/h1-3,8,10,12H,4-7,9H2,(H,20,22)/t12-/m0/s1. The first kappa shape index (κ1) is 14.3. The summed E-state index contributed by atoms with van der Waals surface area (Å²) in [5, 5.41) is 3.01. The molecule has 2 bridgehead atoms. The minimum absolute atomic E-state index is 0.0116. The summed E-state index contributed by atoms with van der Waals surface area (Å²) in [5.41, 5.74) is 0.319. The van der Waals surface area contributed by atoms with Crippen molar-refractivity contribution in [2.45, 2.75) is 18.9 Å². The predicted molar refractivity (Wildman–Crippen MR) is 80.1 cm³/mol. The van der Waals surface area contributed by atoms with E-state index in [1.165, 1.54) is 18.3 Å².